The third kappa shape index (κ3) is 6.48. The molecule has 0 aliphatic carbocycles. The molecule has 2 aromatic rings. The number of ether oxygens (including phenoxy) is 4. The first-order valence-corrected chi connectivity index (χ1v) is 9.10. The minimum atomic E-state index is -1.21. The molecule has 1 atom stereocenters. The topological polar surface area (TPSA) is 71.1 Å². The van der Waals surface area contributed by atoms with Crippen molar-refractivity contribution in [2.24, 2.45) is 0 Å². The third-order valence-corrected chi connectivity index (χ3v) is 4.04. The van der Waals surface area contributed by atoms with E-state index in [1.54, 1.807) is 30.3 Å². The Balaban J connectivity index is 2.16. The van der Waals surface area contributed by atoms with Gasteiger partial charge >= 0.3 is 11.9 Å². The van der Waals surface area contributed by atoms with Crippen LogP contribution in [-0.4, -0.2) is 38.9 Å². The first-order valence-electron chi connectivity index (χ1n) is 9.10. The van der Waals surface area contributed by atoms with Crippen molar-refractivity contribution in [3.05, 3.63) is 78.1 Å². The molecule has 0 N–H and O–H groups in total. The van der Waals surface area contributed by atoms with Gasteiger partial charge in [-0.25, -0.2) is 14.0 Å². The largest absolute Gasteiger partial charge is 0.493 e. The predicted molar refractivity (Wildman–Crippen MR) is 110 cm³/mol. The number of halogens is 1. The summed E-state index contributed by atoms with van der Waals surface area (Å²) in [6, 6.07) is 11.0. The summed E-state index contributed by atoms with van der Waals surface area (Å²) in [6.07, 6.45) is 2.59. The highest BCUT2D eigenvalue weighted by Crippen LogP contribution is 2.28. The molecule has 2 rings (SSSR count). The molecule has 0 fully saturated rings. The number of hydrogen-bond acceptors (Lipinski definition) is 6. The molecule has 0 heterocycles. The molecule has 0 radical (unpaired) electrons. The summed E-state index contributed by atoms with van der Waals surface area (Å²) in [5.41, 5.74) is 0.888. The van der Waals surface area contributed by atoms with Crippen molar-refractivity contribution in [2.45, 2.75) is 12.5 Å². The quantitative estimate of drug-likeness (QED) is 0.335. The van der Waals surface area contributed by atoms with E-state index in [-0.39, 0.29) is 18.6 Å². The van der Waals surface area contributed by atoms with Crippen molar-refractivity contribution in [3.8, 4) is 11.5 Å². The zero-order chi connectivity index (χ0) is 21.9. The molecule has 0 spiro atoms. The lowest BCUT2D eigenvalue weighted by Gasteiger charge is -2.17. The van der Waals surface area contributed by atoms with Gasteiger partial charge in [-0.2, -0.15) is 0 Å². The maximum absolute atomic E-state index is 13.7. The third-order valence-electron chi connectivity index (χ3n) is 4.04. The average molecular weight is 414 g/mol. The van der Waals surface area contributed by atoms with E-state index < -0.39 is 23.9 Å². The van der Waals surface area contributed by atoms with Gasteiger partial charge in [0.2, 0.25) is 6.10 Å². The van der Waals surface area contributed by atoms with Crippen LogP contribution in [0.4, 0.5) is 4.39 Å². The lowest BCUT2D eigenvalue weighted by atomic mass is 10.1. The standard InChI is InChI=1S/C23H23FO6/c1-4-13-29-23(26)21(15-16-9-11-19(27-2)20(14-16)28-3)30-22(25)12-10-17-7-5-6-8-18(17)24/h4-12,14,21H,1,13,15H2,2-3H3/b12-10+. The van der Waals surface area contributed by atoms with Gasteiger partial charge in [-0.15, -0.1) is 0 Å². The van der Waals surface area contributed by atoms with Crippen LogP contribution in [0.25, 0.3) is 6.08 Å². The van der Waals surface area contributed by atoms with Crippen LogP contribution in [0, 0.1) is 5.82 Å². The van der Waals surface area contributed by atoms with Gasteiger partial charge in [-0.3, -0.25) is 0 Å². The fourth-order valence-electron chi connectivity index (χ4n) is 2.58. The molecule has 2 aromatic carbocycles. The summed E-state index contributed by atoms with van der Waals surface area (Å²) < 4.78 is 34.4. The molecule has 0 saturated carbocycles. The smallest absolute Gasteiger partial charge is 0.348 e. The zero-order valence-corrected chi connectivity index (χ0v) is 16.8. The summed E-state index contributed by atoms with van der Waals surface area (Å²) in [7, 11) is 3.00. The Hall–Kier alpha value is -3.61. The molecule has 0 amide bonds. The van der Waals surface area contributed by atoms with Gasteiger partial charge in [-0.1, -0.05) is 36.9 Å². The molecule has 0 aliphatic rings. The van der Waals surface area contributed by atoms with Crippen LogP contribution in [0.3, 0.4) is 0 Å². The Kier molecular flexibility index (Phi) is 8.62. The van der Waals surface area contributed by atoms with Crippen molar-refractivity contribution >= 4 is 18.0 Å². The van der Waals surface area contributed by atoms with Crippen LogP contribution in [-0.2, 0) is 25.5 Å². The van der Waals surface area contributed by atoms with E-state index in [2.05, 4.69) is 6.58 Å². The number of benzene rings is 2. The maximum atomic E-state index is 13.7. The normalized spacial score (nSPS) is 11.6. The summed E-state index contributed by atoms with van der Waals surface area (Å²) in [5, 5.41) is 0. The van der Waals surface area contributed by atoms with Crippen LogP contribution < -0.4 is 9.47 Å². The Bertz CT molecular complexity index is 922. The molecular formula is C23H23FO6. The van der Waals surface area contributed by atoms with E-state index in [0.717, 1.165) is 6.08 Å². The first-order chi connectivity index (χ1) is 14.5. The van der Waals surface area contributed by atoms with Crippen molar-refractivity contribution < 1.29 is 32.9 Å². The molecule has 0 aromatic heterocycles. The number of esters is 2. The van der Waals surface area contributed by atoms with Crippen LogP contribution >= 0.6 is 0 Å². The molecule has 0 aliphatic heterocycles. The van der Waals surface area contributed by atoms with Crippen molar-refractivity contribution in [3.63, 3.8) is 0 Å². The van der Waals surface area contributed by atoms with Gasteiger partial charge in [-0.05, 0) is 29.8 Å². The van der Waals surface area contributed by atoms with E-state index >= 15 is 0 Å². The summed E-state index contributed by atoms with van der Waals surface area (Å²) in [6.45, 7) is 3.46. The monoisotopic (exact) mass is 414 g/mol. The molecule has 6 nitrogen and oxygen atoms in total. The molecule has 1 unspecified atom stereocenters. The Morgan fingerprint density at radius 3 is 2.50 bits per heavy atom. The van der Waals surface area contributed by atoms with E-state index in [4.69, 9.17) is 18.9 Å². The maximum Gasteiger partial charge on any atom is 0.348 e. The fourth-order valence-corrected chi connectivity index (χ4v) is 2.58. The summed E-state index contributed by atoms with van der Waals surface area (Å²) in [5.74, 6) is -1.01. The van der Waals surface area contributed by atoms with E-state index in [1.165, 1.54) is 38.5 Å². The number of carbonyl (C=O) groups excluding carboxylic acids is 2. The van der Waals surface area contributed by atoms with Crippen molar-refractivity contribution in [2.75, 3.05) is 20.8 Å². The van der Waals surface area contributed by atoms with Gasteiger partial charge in [0.15, 0.2) is 11.5 Å². The number of methoxy groups -OCH3 is 2. The summed E-state index contributed by atoms with van der Waals surface area (Å²) in [4.78, 5) is 24.6. The van der Waals surface area contributed by atoms with Crippen LogP contribution in [0.5, 0.6) is 11.5 Å². The Labute approximate surface area is 174 Å². The fraction of sp³-hybridized carbons (Fsp3) is 0.217. The van der Waals surface area contributed by atoms with Gasteiger partial charge in [0.05, 0.1) is 14.2 Å². The minimum absolute atomic E-state index is 0.0239. The minimum Gasteiger partial charge on any atom is -0.493 e. The van der Waals surface area contributed by atoms with Gasteiger partial charge < -0.3 is 18.9 Å². The SMILES string of the molecule is C=CCOC(=O)C(Cc1ccc(OC)c(OC)c1)OC(=O)/C=C/c1ccccc1F. The van der Waals surface area contributed by atoms with Crippen LogP contribution in [0.2, 0.25) is 0 Å². The van der Waals surface area contributed by atoms with Gasteiger partial charge in [0, 0.05) is 18.1 Å². The second kappa shape index (κ2) is 11.4. The van der Waals surface area contributed by atoms with Crippen LogP contribution in [0.1, 0.15) is 11.1 Å². The number of carbonyl (C=O) groups is 2. The Morgan fingerprint density at radius 2 is 1.83 bits per heavy atom. The van der Waals surface area contributed by atoms with E-state index in [1.807, 2.05) is 0 Å². The molecule has 7 heteroatoms. The van der Waals surface area contributed by atoms with Gasteiger partial charge in [0.1, 0.15) is 12.4 Å². The second-order valence-electron chi connectivity index (χ2n) is 6.09. The highest BCUT2D eigenvalue weighted by Gasteiger charge is 2.25. The number of rotatable bonds is 10. The molecular weight excluding hydrogens is 391 g/mol. The van der Waals surface area contributed by atoms with Gasteiger partial charge in [0.25, 0.3) is 0 Å². The molecule has 158 valence electrons. The van der Waals surface area contributed by atoms with E-state index in [9.17, 15) is 14.0 Å². The lowest BCUT2D eigenvalue weighted by Crippen LogP contribution is -2.31. The van der Waals surface area contributed by atoms with Crippen molar-refractivity contribution in [1.29, 1.82) is 0 Å². The first kappa shape index (κ1) is 22.7. The van der Waals surface area contributed by atoms with Crippen molar-refractivity contribution in [1.82, 2.24) is 0 Å². The summed E-state index contributed by atoms with van der Waals surface area (Å²) >= 11 is 0. The highest BCUT2D eigenvalue weighted by atomic mass is 19.1. The average Bonchev–Trinajstić information content (AvgIpc) is 2.76. The second-order valence-corrected chi connectivity index (χ2v) is 6.09. The number of hydrogen-bond donors (Lipinski definition) is 0. The van der Waals surface area contributed by atoms with Crippen LogP contribution in [0.15, 0.2) is 61.2 Å². The van der Waals surface area contributed by atoms with E-state index in [0.29, 0.717) is 17.1 Å². The molecule has 0 saturated heterocycles. The predicted octanol–water partition coefficient (Wildman–Crippen LogP) is 3.74. The zero-order valence-electron chi connectivity index (χ0n) is 16.8. The Morgan fingerprint density at radius 1 is 1.10 bits per heavy atom. The molecule has 0 bridgehead atoms. The molecule has 30 heavy (non-hydrogen) atoms. The highest BCUT2D eigenvalue weighted by molar-refractivity contribution is 5.89. The lowest BCUT2D eigenvalue weighted by molar-refractivity contribution is -0.164.